The molecule has 0 atom stereocenters. The van der Waals surface area contributed by atoms with Crippen LogP contribution in [0.5, 0.6) is 23.0 Å². The van der Waals surface area contributed by atoms with Gasteiger partial charge < -0.3 is 14.3 Å². The molecule has 244 valence electrons. The first-order valence-corrected chi connectivity index (χ1v) is 17.7. The van der Waals surface area contributed by atoms with Gasteiger partial charge in [0.05, 0.1) is 11.4 Å². The van der Waals surface area contributed by atoms with Gasteiger partial charge in [-0.15, -0.1) is 0 Å². The molecule has 3 nitrogen and oxygen atoms in total. The average Bonchev–Trinajstić information content (AvgIpc) is 3.22. The number of hydrogen-bond donors (Lipinski definition) is 0. The number of hydrogen-bond acceptors (Lipinski definition) is 3. The summed E-state index contributed by atoms with van der Waals surface area (Å²) in [5.41, 5.74) is 13.1. The highest BCUT2D eigenvalue weighted by Gasteiger charge is 2.43. The summed E-state index contributed by atoms with van der Waals surface area (Å²) in [6.45, 7) is -0.224. The number of fused-ring (bicyclic) bond motifs is 4. The summed E-state index contributed by atoms with van der Waals surface area (Å²) in [6, 6.07) is 68.4. The second kappa shape index (κ2) is 12.5. The number of rotatable bonds is 5. The molecule has 0 N–H and O–H groups in total. The van der Waals surface area contributed by atoms with Crippen molar-refractivity contribution < 1.29 is 9.47 Å². The van der Waals surface area contributed by atoms with E-state index in [1.807, 2.05) is 12.1 Å². The second-order valence-corrected chi connectivity index (χ2v) is 13.3. The fourth-order valence-corrected chi connectivity index (χ4v) is 7.79. The van der Waals surface area contributed by atoms with Gasteiger partial charge in [0.1, 0.15) is 11.5 Å². The molecule has 2 heterocycles. The van der Waals surface area contributed by atoms with Crippen LogP contribution in [0.25, 0.3) is 44.5 Å². The zero-order valence-electron chi connectivity index (χ0n) is 28.3. The van der Waals surface area contributed by atoms with Crippen molar-refractivity contribution in [1.29, 1.82) is 0 Å². The number of para-hydroxylation sites is 2. The van der Waals surface area contributed by atoms with Crippen LogP contribution in [-0.4, -0.2) is 6.85 Å². The average molecular weight is 666 g/mol. The third-order valence-electron chi connectivity index (χ3n) is 10.1. The van der Waals surface area contributed by atoms with Crippen LogP contribution in [0.3, 0.4) is 0 Å². The molecule has 8 aromatic rings. The molecular formula is C48H32BNO2. The van der Waals surface area contributed by atoms with E-state index < -0.39 is 0 Å². The van der Waals surface area contributed by atoms with Gasteiger partial charge in [-0.3, -0.25) is 0 Å². The molecule has 2 aliphatic heterocycles. The van der Waals surface area contributed by atoms with Crippen LogP contribution in [0.15, 0.2) is 194 Å². The molecule has 0 spiro atoms. The van der Waals surface area contributed by atoms with Gasteiger partial charge in [-0.2, -0.15) is 0 Å². The lowest BCUT2D eigenvalue weighted by Gasteiger charge is -2.42. The maximum Gasteiger partial charge on any atom is 0.335 e. The highest BCUT2D eigenvalue weighted by Crippen LogP contribution is 2.57. The van der Waals surface area contributed by atoms with Gasteiger partial charge in [-0.1, -0.05) is 158 Å². The largest absolute Gasteiger partial charge is 0.458 e. The Bertz CT molecular complexity index is 2400. The lowest BCUT2D eigenvalue weighted by atomic mass is 9.47. The number of ether oxygens (including phenoxy) is 2. The van der Waals surface area contributed by atoms with E-state index in [9.17, 15) is 0 Å². The first kappa shape index (κ1) is 30.1. The van der Waals surface area contributed by atoms with E-state index in [1.165, 1.54) is 0 Å². The van der Waals surface area contributed by atoms with E-state index in [0.29, 0.717) is 0 Å². The van der Waals surface area contributed by atoms with Crippen LogP contribution in [0, 0.1) is 0 Å². The van der Waals surface area contributed by atoms with E-state index in [0.717, 1.165) is 89.8 Å². The van der Waals surface area contributed by atoms with Gasteiger partial charge >= 0.3 is 6.85 Å². The van der Waals surface area contributed by atoms with Crippen molar-refractivity contribution >= 4 is 29.1 Å². The fourth-order valence-electron chi connectivity index (χ4n) is 7.79. The van der Waals surface area contributed by atoms with Gasteiger partial charge in [-0.05, 0) is 80.7 Å². The molecule has 0 unspecified atom stereocenters. The SMILES string of the molecule is c1ccc(-c2cc3c(c(-c4ccccc4)c2)N(B2c4ccccc4Oc4ccccc42)c2c(cc(-c4ccccc4)cc2-c2ccccc2)O3)cc1. The maximum atomic E-state index is 7.25. The Hall–Kier alpha value is -6.78. The first-order chi connectivity index (χ1) is 25.8. The zero-order chi connectivity index (χ0) is 34.4. The Morgan fingerprint density at radius 1 is 0.308 bits per heavy atom. The van der Waals surface area contributed by atoms with Crippen LogP contribution < -0.4 is 25.2 Å². The molecular weight excluding hydrogens is 633 g/mol. The van der Waals surface area contributed by atoms with Crippen molar-refractivity contribution in [3.8, 4) is 67.5 Å². The third-order valence-corrected chi connectivity index (χ3v) is 10.1. The Morgan fingerprint density at radius 2 is 0.654 bits per heavy atom. The fraction of sp³-hybridized carbons (Fsp3) is 0. The molecule has 8 aromatic carbocycles. The molecule has 0 fully saturated rings. The predicted octanol–water partition coefficient (Wildman–Crippen LogP) is 11.5. The highest BCUT2D eigenvalue weighted by molar-refractivity contribution is 6.91. The third kappa shape index (κ3) is 5.08. The molecule has 0 aliphatic carbocycles. The van der Waals surface area contributed by atoms with Crippen LogP contribution in [0.1, 0.15) is 0 Å². The van der Waals surface area contributed by atoms with Crippen LogP contribution in [-0.2, 0) is 0 Å². The lowest BCUT2D eigenvalue weighted by Crippen LogP contribution is -2.58. The zero-order valence-corrected chi connectivity index (χ0v) is 28.3. The number of nitrogens with zero attached hydrogens (tertiary/aromatic N) is 1. The van der Waals surface area contributed by atoms with E-state index >= 15 is 0 Å². The monoisotopic (exact) mass is 665 g/mol. The molecule has 0 saturated carbocycles. The minimum absolute atomic E-state index is 0.224. The van der Waals surface area contributed by atoms with Crippen LogP contribution >= 0.6 is 0 Å². The maximum absolute atomic E-state index is 7.25. The van der Waals surface area contributed by atoms with E-state index in [1.54, 1.807) is 0 Å². The summed E-state index contributed by atoms with van der Waals surface area (Å²) in [5.74, 6) is 3.31. The molecule has 0 saturated heterocycles. The summed E-state index contributed by atoms with van der Waals surface area (Å²) in [4.78, 5) is 2.53. The Kier molecular flexibility index (Phi) is 7.25. The minimum Gasteiger partial charge on any atom is -0.458 e. The van der Waals surface area contributed by atoms with Crippen molar-refractivity contribution in [1.82, 2.24) is 0 Å². The highest BCUT2D eigenvalue weighted by atomic mass is 16.5. The lowest BCUT2D eigenvalue weighted by molar-refractivity contribution is 0.478. The van der Waals surface area contributed by atoms with Gasteiger partial charge in [0.25, 0.3) is 0 Å². The molecule has 10 rings (SSSR count). The van der Waals surface area contributed by atoms with Crippen molar-refractivity contribution in [3.63, 3.8) is 0 Å². The molecule has 0 amide bonds. The van der Waals surface area contributed by atoms with Crippen molar-refractivity contribution in [2.45, 2.75) is 0 Å². The van der Waals surface area contributed by atoms with Gasteiger partial charge in [-0.25, -0.2) is 0 Å². The molecule has 0 bridgehead atoms. The summed E-state index contributed by atoms with van der Waals surface area (Å²) in [6.07, 6.45) is 0. The smallest absolute Gasteiger partial charge is 0.335 e. The van der Waals surface area contributed by atoms with Crippen molar-refractivity contribution in [2.24, 2.45) is 0 Å². The van der Waals surface area contributed by atoms with Crippen LogP contribution in [0.4, 0.5) is 11.4 Å². The molecule has 2 aliphatic rings. The van der Waals surface area contributed by atoms with E-state index in [2.05, 4.69) is 187 Å². The summed E-state index contributed by atoms with van der Waals surface area (Å²) in [5, 5.41) is 0. The van der Waals surface area contributed by atoms with Gasteiger partial charge in [0.15, 0.2) is 11.5 Å². The minimum atomic E-state index is -0.224. The second-order valence-electron chi connectivity index (χ2n) is 13.3. The van der Waals surface area contributed by atoms with Crippen molar-refractivity contribution in [3.05, 3.63) is 194 Å². The number of anilines is 2. The molecule has 4 heteroatoms. The first-order valence-electron chi connectivity index (χ1n) is 17.7. The van der Waals surface area contributed by atoms with Gasteiger partial charge in [0.2, 0.25) is 0 Å². The van der Waals surface area contributed by atoms with E-state index in [-0.39, 0.29) is 6.85 Å². The Balaban J connectivity index is 1.34. The predicted molar refractivity (Wildman–Crippen MR) is 215 cm³/mol. The van der Waals surface area contributed by atoms with Gasteiger partial charge in [0, 0.05) is 11.1 Å². The number of benzene rings is 8. The normalized spacial score (nSPS) is 12.5. The topological polar surface area (TPSA) is 21.7 Å². The quantitative estimate of drug-likeness (QED) is 0.171. The molecule has 0 aromatic heterocycles. The Labute approximate surface area is 304 Å². The van der Waals surface area contributed by atoms with Crippen LogP contribution in [0.2, 0.25) is 0 Å². The standard InChI is InChI=1S/C48H32BNO2/c1-5-17-33(18-6-1)37-29-39(35-21-9-3-10-22-35)47-45(31-37)52-46-32-38(34-19-7-2-8-20-34)30-40(36-23-11-4-12-24-36)48(46)50(47)49-41-25-13-15-27-43(41)51-44-28-16-14-26-42(44)49/h1-32H. The van der Waals surface area contributed by atoms with E-state index in [4.69, 9.17) is 9.47 Å². The summed E-state index contributed by atoms with van der Waals surface area (Å²) >= 11 is 0. The summed E-state index contributed by atoms with van der Waals surface area (Å²) in [7, 11) is 0. The Morgan fingerprint density at radius 3 is 1.08 bits per heavy atom. The molecule has 0 radical (unpaired) electrons. The molecule has 52 heavy (non-hydrogen) atoms. The van der Waals surface area contributed by atoms with Crippen molar-refractivity contribution in [2.75, 3.05) is 4.81 Å². The summed E-state index contributed by atoms with van der Waals surface area (Å²) < 4.78 is 13.9.